The van der Waals surface area contributed by atoms with E-state index in [0.29, 0.717) is 5.56 Å². The second-order valence-electron chi connectivity index (χ2n) is 5.10. The summed E-state index contributed by atoms with van der Waals surface area (Å²) >= 11 is 0. The van der Waals surface area contributed by atoms with Gasteiger partial charge in [-0.3, -0.25) is 0 Å². The summed E-state index contributed by atoms with van der Waals surface area (Å²) in [7, 11) is -3.27. The van der Waals surface area contributed by atoms with Crippen LogP contribution in [0.2, 0.25) is 0 Å². The lowest BCUT2D eigenvalue weighted by Gasteiger charge is -2.08. The van der Waals surface area contributed by atoms with E-state index < -0.39 is 15.8 Å². The predicted molar refractivity (Wildman–Crippen MR) is 86.5 cm³/mol. The second kappa shape index (κ2) is 7.28. The van der Waals surface area contributed by atoms with Gasteiger partial charge in [0, 0.05) is 6.26 Å². The van der Waals surface area contributed by atoms with Crippen molar-refractivity contribution in [3.63, 3.8) is 0 Å². The van der Waals surface area contributed by atoms with Gasteiger partial charge in [-0.05, 0) is 48.9 Å². The lowest BCUT2D eigenvalue weighted by atomic mass is 10.2. The number of ether oxygens (including phenoxy) is 2. The van der Waals surface area contributed by atoms with Crippen molar-refractivity contribution in [1.82, 2.24) is 0 Å². The van der Waals surface area contributed by atoms with Crippen molar-refractivity contribution in [2.75, 3.05) is 19.5 Å². The van der Waals surface area contributed by atoms with Crippen molar-refractivity contribution in [2.24, 2.45) is 0 Å². The number of carbonyl (C=O) groups excluding carboxylic acids is 1. The van der Waals surface area contributed by atoms with E-state index in [2.05, 4.69) is 0 Å². The molecule has 0 saturated heterocycles. The molecule has 0 radical (unpaired) electrons. The molecule has 0 spiro atoms. The minimum Gasteiger partial charge on any atom is -0.490 e. The third-order valence-electron chi connectivity index (χ3n) is 3.09. The first kappa shape index (κ1) is 17.0. The van der Waals surface area contributed by atoms with E-state index in [9.17, 15) is 13.2 Å². The Balaban J connectivity index is 1.83. The first-order valence-corrected chi connectivity index (χ1v) is 8.92. The van der Waals surface area contributed by atoms with Gasteiger partial charge in [-0.1, -0.05) is 12.1 Å². The molecule has 0 unspecified atom stereocenters. The zero-order valence-electron chi connectivity index (χ0n) is 13.0. The molecule has 0 fully saturated rings. The summed E-state index contributed by atoms with van der Waals surface area (Å²) in [6.07, 6.45) is 1.11. The fourth-order valence-electron chi connectivity index (χ4n) is 1.92. The van der Waals surface area contributed by atoms with Crippen LogP contribution >= 0.6 is 0 Å². The van der Waals surface area contributed by atoms with Gasteiger partial charge in [0.2, 0.25) is 0 Å². The molecule has 23 heavy (non-hydrogen) atoms. The summed E-state index contributed by atoms with van der Waals surface area (Å²) in [5.41, 5.74) is 1.39. The third-order valence-corrected chi connectivity index (χ3v) is 4.22. The van der Waals surface area contributed by atoms with Crippen molar-refractivity contribution in [2.45, 2.75) is 11.8 Å². The predicted octanol–water partition coefficient (Wildman–Crippen LogP) is 2.63. The number of hydrogen-bond acceptors (Lipinski definition) is 5. The monoisotopic (exact) mass is 334 g/mol. The molecule has 2 aromatic rings. The van der Waals surface area contributed by atoms with Gasteiger partial charge in [0.15, 0.2) is 9.84 Å². The Morgan fingerprint density at radius 2 is 1.74 bits per heavy atom. The van der Waals surface area contributed by atoms with Crippen LogP contribution in [-0.2, 0) is 14.6 Å². The van der Waals surface area contributed by atoms with Crippen LogP contribution in [0.4, 0.5) is 0 Å². The highest BCUT2D eigenvalue weighted by atomic mass is 32.2. The molecule has 0 aromatic heterocycles. The van der Waals surface area contributed by atoms with Gasteiger partial charge in [0.05, 0.1) is 10.5 Å². The molecule has 0 bridgehead atoms. The summed E-state index contributed by atoms with van der Waals surface area (Å²) in [4.78, 5) is 12.0. The Morgan fingerprint density at radius 1 is 1.04 bits per heavy atom. The number of esters is 1. The maximum absolute atomic E-state index is 11.8. The zero-order valence-corrected chi connectivity index (χ0v) is 13.8. The van der Waals surface area contributed by atoms with E-state index in [1.807, 2.05) is 31.2 Å². The minimum absolute atomic E-state index is 0.112. The molecule has 5 nitrogen and oxygen atoms in total. The first-order chi connectivity index (χ1) is 10.9. The Kier molecular flexibility index (Phi) is 5.39. The molecular weight excluding hydrogens is 316 g/mol. The topological polar surface area (TPSA) is 69.7 Å². The van der Waals surface area contributed by atoms with Gasteiger partial charge in [0.1, 0.15) is 19.0 Å². The molecule has 6 heteroatoms. The summed E-state index contributed by atoms with van der Waals surface area (Å²) in [6, 6.07) is 13.2. The number of sulfone groups is 1. The molecule has 2 aromatic carbocycles. The molecule has 0 aliphatic rings. The van der Waals surface area contributed by atoms with Gasteiger partial charge in [0.25, 0.3) is 0 Å². The Hall–Kier alpha value is -2.34. The fraction of sp³-hybridized carbons (Fsp3) is 0.235. The molecule has 0 N–H and O–H groups in total. The van der Waals surface area contributed by atoms with Crippen LogP contribution in [0.25, 0.3) is 0 Å². The van der Waals surface area contributed by atoms with Crippen molar-refractivity contribution in [3.05, 3.63) is 59.7 Å². The van der Waals surface area contributed by atoms with Crippen LogP contribution in [0.5, 0.6) is 5.75 Å². The smallest absolute Gasteiger partial charge is 0.338 e. The minimum atomic E-state index is -3.27. The molecule has 0 atom stereocenters. The molecule has 0 amide bonds. The van der Waals surface area contributed by atoms with Gasteiger partial charge >= 0.3 is 5.97 Å². The molecule has 2 rings (SSSR count). The molecule has 0 saturated carbocycles. The van der Waals surface area contributed by atoms with Crippen LogP contribution in [0.3, 0.4) is 0 Å². The number of benzene rings is 2. The van der Waals surface area contributed by atoms with Gasteiger partial charge < -0.3 is 9.47 Å². The van der Waals surface area contributed by atoms with E-state index in [0.717, 1.165) is 17.6 Å². The molecule has 0 aliphatic carbocycles. The van der Waals surface area contributed by atoms with Crippen LogP contribution < -0.4 is 4.74 Å². The molecule has 122 valence electrons. The molecular formula is C17H18O5S. The van der Waals surface area contributed by atoms with Crippen LogP contribution in [0.1, 0.15) is 15.9 Å². The van der Waals surface area contributed by atoms with Gasteiger partial charge in [-0.2, -0.15) is 0 Å². The van der Waals surface area contributed by atoms with E-state index in [1.165, 1.54) is 24.3 Å². The highest BCUT2D eigenvalue weighted by Gasteiger charge is 2.10. The van der Waals surface area contributed by atoms with Crippen molar-refractivity contribution >= 4 is 15.8 Å². The largest absolute Gasteiger partial charge is 0.490 e. The summed E-state index contributed by atoms with van der Waals surface area (Å²) in [5.74, 6) is 0.205. The number of carbonyl (C=O) groups is 1. The fourth-order valence-corrected chi connectivity index (χ4v) is 2.55. The third kappa shape index (κ3) is 5.10. The molecule has 0 heterocycles. The summed E-state index contributed by atoms with van der Waals surface area (Å²) in [6.45, 7) is 2.32. The van der Waals surface area contributed by atoms with E-state index in [4.69, 9.17) is 9.47 Å². The van der Waals surface area contributed by atoms with Crippen LogP contribution in [0.15, 0.2) is 53.4 Å². The van der Waals surface area contributed by atoms with Crippen LogP contribution in [0, 0.1) is 6.92 Å². The maximum Gasteiger partial charge on any atom is 0.338 e. The first-order valence-electron chi connectivity index (χ1n) is 7.03. The van der Waals surface area contributed by atoms with Crippen molar-refractivity contribution in [3.8, 4) is 5.75 Å². The normalized spacial score (nSPS) is 11.0. The summed E-state index contributed by atoms with van der Waals surface area (Å²) < 4.78 is 33.3. The summed E-state index contributed by atoms with van der Waals surface area (Å²) in [5, 5.41) is 0. The lowest BCUT2D eigenvalue weighted by Crippen LogP contribution is -2.12. The highest BCUT2D eigenvalue weighted by molar-refractivity contribution is 7.90. The van der Waals surface area contributed by atoms with E-state index >= 15 is 0 Å². The number of aryl methyl sites for hydroxylation is 1. The second-order valence-corrected chi connectivity index (χ2v) is 7.11. The Labute approximate surface area is 135 Å². The van der Waals surface area contributed by atoms with Gasteiger partial charge in [-0.15, -0.1) is 0 Å². The van der Waals surface area contributed by atoms with E-state index in [1.54, 1.807) is 0 Å². The van der Waals surface area contributed by atoms with Gasteiger partial charge in [-0.25, -0.2) is 13.2 Å². The Bertz CT molecular complexity index is 779. The average molecular weight is 334 g/mol. The standard InChI is InChI=1S/C17H18O5S/c1-13-4-3-5-15(12-13)21-10-11-22-17(18)14-6-8-16(9-7-14)23(2,19)20/h3-9,12H,10-11H2,1-2H3. The lowest BCUT2D eigenvalue weighted by molar-refractivity contribution is 0.0450. The van der Waals surface area contributed by atoms with Crippen molar-refractivity contribution < 1.29 is 22.7 Å². The Morgan fingerprint density at radius 3 is 2.35 bits per heavy atom. The maximum atomic E-state index is 11.8. The van der Waals surface area contributed by atoms with Crippen LogP contribution in [-0.4, -0.2) is 33.9 Å². The highest BCUT2D eigenvalue weighted by Crippen LogP contribution is 2.13. The zero-order chi connectivity index (χ0) is 16.9. The quantitative estimate of drug-likeness (QED) is 0.600. The average Bonchev–Trinajstić information content (AvgIpc) is 2.51. The molecule has 0 aliphatic heterocycles. The van der Waals surface area contributed by atoms with E-state index in [-0.39, 0.29) is 18.1 Å². The number of rotatable bonds is 6. The van der Waals surface area contributed by atoms with Crippen molar-refractivity contribution in [1.29, 1.82) is 0 Å². The SMILES string of the molecule is Cc1cccc(OCCOC(=O)c2ccc(S(C)(=O)=O)cc2)c1. The number of hydrogen-bond donors (Lipinski definition) is 0.